The summed E-state index contributed by atoms with van der Waals surface area (Å²) in [6.07, 6.45) is 6.18. The summed E-state index contributed by atoms with van der Waals surface area (Å²) in [5.74, 6) is -0.0248. The highest BCUT2D eigenvalue weighted by molar-refractivity contribution is 5.93. The highest BCUT2D eigenvalue weighted by Gasteiger charge is 2.40. The zero-order valence-electron chi connectivity index (χ0n) is 28.6. The highest BCUT2D eigenvalue weighted by Crippen LogP contribution is 2.31. The SMILES string of the molecule is Cc1ccc(C)c(C(C(=O)NC2CCCCC2)N(C(=O)C(Cc2ccc(O)cc2)NC(=O)OC(C)(C)C)C(C)CCC(C)C)c1. The summed E-state index contributed by atoms with van der Waals surface area (Å²) in [5, 5.41) is 16.0. The van der Waals surface area contributed by atoms with Crippen LogP contribution in [0.25, 0.3) is 0 Å². The predicted octanol–water partition coefficient (Wildman–Crippen LogP) is 7.29. The molecule has 8 heteroatoms. The third-order valence-electron chi connectivity index (χ3n) is 8.46. The average Bonchev–Trinajstić information content (AvgIpc) is 2.96. The summed E-state index contributed by atoms with van der Waals surface area (Å²) >= 11 is 0. The van der Waals surface area contributed by atoms with Gasteiger partial charge in [0.25, 0.3) is 0 Å². The fraction of sp³-hybridized carbons (Fsp3) is 0.595. The normalized spacial score (nSPS) is 16.0. The number of carbonyl (C=O) groups excluding carboxylic acids is 3. The van der Waals surface area contributed by atoms with Crippen LogP contribution in [0.5, 0.6) is 5.75 Å². The van der Waals surface area contributed by atoms with E-state index < -0.39 is 23.8 Å². The van der Waals surface area contributed by atoms with Crippen molar-refractivity contribution in [3.8, 4) is 5.75 Å². The molecular formula is C37H55N3O5. The van der Waals surface area contributed by atoms with E-state index in [1.165, 1.54) is 6.42 Å². The topological polar surface area (TPSA) is 108 Å². The highest BCUT2D eigenvalue weighted by atomic mass is 16.6. The number of hydrogen-bond donors (Lipinski definition) is 3. The molecule has 3 rings (SSSR count). The lowest BCUT2D eigenvalue weighted by atomic mass is 9.91. The molecule has 3 N–H and O–H groups in total. The van der Waals surface area contributed by atoms with Crippen LogP contribution in [-0.2, 0) is 20.7 Å². The van der Waals surface area contributed by atoms with Crippen LogP contribution in [0.2, 0.25) is 0 Å². The maximum Gasteiger partial charge on any atom is 0.408 e. The van der Waals surface area contributed by atoms with E-state index in [1.807, 2.05) is 39.0 Å². The first kappa shape index (κ1) is 35.9. The van der Waals surface area contributed by atoms with Crippen LogP contribution >= 0.6 is 0 Å². The van der Waals surface area contributed by atoms with Crippen LogP contribution < -0.4 is 10.6 Å². The number of benzene rings is 2. The van der Waals surface area contributed by atoms with Crippen LogP contribution in [0, 0.1) is 19.8 Å². The van der Waals surface area contributed by atoms with Crippen molar-refractivity contribution < 1.29 is 24.2 Å². The molecule has 0 radical (unpaired) electrons. The Labute approximate surface area is 270 Å². The number of aromatic hydroxyl groups is 1. The maximum absolute atomic E-state index is 14.9. The number of aryl methyl sites for hydroxylation is 2. The third-order valence-corrected chi connectivity index (χ3v) is 8.46. The Morgan fingerprint density at radius 1 is 0.956 bits per heavy atom. The van der Waals surface area contributed by atoms with E-state index in [0.717, 1.165) is 54.4 Å². The molecule has 0 aliphatic heterocycles. The van der Waals surface area contributed by atoms with Crippen LogP contribution in [0.1, 0.15) is 115 Å². The van der Waals surface area contributed by atoms with Gasteiger partial charge in [-0.1, -0.05) is 69.0 Å². The van der Waals surface area contributed by atoms with Gasteiger partial charge < -0.3 is 25.4 Å². The van der Waals surface area contributed by atoms with Gasteiger partial charge in [0.1, 0.15) is 23.4 Å². The molecule has 2 aromatic rings. The van der Waals surface area contributed by atoms with Crippen molar-refractivity contribution in [3.63, 3.8) is 0 Å². The third kappa shape index (κ3) is 11.1. The van der Waals surface area contributed by atoms with Crippen molar-refractivity contribution in [1.82, 2.24) is 15.5 Å². The number of hydrogen-bond acceptors (Lipinski definition) is 5. The number of phenolic OH excluding ortho intramolecular Hbond substituents is 1. The van der Waals surface area contributed by atoms with E-state index >= 15 is 0 Å². The fourth-order valence-electron chi connectivity index (χ4n) is 6.01. The Morgan fingerprint density at radius 2 is 1.60 bits per heavy atom. The van der Waals surface area contributed by atoms with E-state index in [0.29, 0.717) is 12.3 Å². The quantitative estimate of drug-likeness (QED) is 0.231. The monoisotopic (exact) mass is 621 g/mol. The Kier molecular flexibility index (Phi) is 12.9. The molecule has 0 aromatic heterocycles. The summed E-state index contributed by atoms with van der Waals surface area (Å²) in [4.78, 5) is 44.2. The zero-order chi connectivity index (χ0) is 33.3. The maximum atomic E-state index is 14.9. The summed E-state index contributed by atoms with van der Waals surface area (Å²) in [6.45, 7) is 15.6. The molecule has 2 aromatic carbocycles. The van der Waals surface area contributed by atoms with E-state index in [9.17, 15) is 19.5 Å². The summed E-state index contributed by atoms with van der Waals surface area (Å²) < 4.78 is 5.58. The Bertz CT molecular complexity index is 1280. The van der Waals surface area contributed by atoms with Crippen molar-refractivity contribution >= 4 is 17.9 Å². The number of nitrogens with one attached hydrogen (secondary N) is 2. The molecule has 3 atom stereocenters. The van der Waals surface area contributed by atoms with Crippen molar-refractivity contribution in [2.45, 2.75) is 137 Å². The molecular weight excluding hydrogens is 566 g/mol. The van der Waals surface area contributed by atoms with Crippen LogP contribution in [0.15, 0.2) is 42.5 Å². The summed E-state index contributed by atoms with van der Waals surface area (Å²) in [7, 11) is 0. The molecule has 3 unspecified atom stereocenters. The van der Waals surface area contributed by atoms with Gasteiger partial charge in [0.15, 0.2) is 0 Å². The Balaban J connectivity index is 2.13. The minimum atomic E-state index is -1.01. The molecule has 0 spiro atoms. The number of amides is 3. The van der Waals surface area contributed by atoms with Gasteiger partial charge in [-0.2, -0.15) is 0 Å². The molecule has 1 fully saturated rings. The minimum Gasteiger partial charge on any atom is -0.508 e. The Hall–Kier alpha value is -3.55. The van der Waals surface area contributed by atoms with Gasteiger partial charge in [-0.15, -0.1) is 0 Å². The Morgan fingerprint density at radius 3 is 2.20 bits per heavy atom. The molecule has 1 aliphatic rings. The van der Waals surface area contributed by atoms with E-state index in [-0.39, 0.29) is 36.1 Å². The lowest BCUT2D eigenvalue weighted by Crippen LogP contribution is -2.57. The van der Waals surface area contributed by atoms with Crippen molar-refractivity contribution in [3.05, 3.63) is 64.7 Å². The molecule has 0 saturated heterocycles. The summed E-state index contributed by atoms with van der Waals surface area (Å²) in [6, 6.07) is 10.5. The number of phenols is 1. The average molecular weight is 622 g/mol. The smallest absolute Gasteiger partial charge is 0.408 e. The van der Waals surface area contributed by atoms with Gasteiger partial charge in [0.05, 0.1) is 0 Å². The largest absolute Gasteiger partial charge is 0.508 e. The van der Waals surface area contributed by atoms with Crippen molar-refractivity contribution in [1.29, 1.82) is 0 Å². The predicted molar refractivity (Wildman–Crippen MR) is 179 cm³/mol. The molecule has 0 bridgehead atoms. The first-order valence-electron chi connectivity index (χ1n) is 16.6. The minimum absolute atomic E-state index is 0.0643. The molecule has 3 amide bonds. The molecule has 0 heterocycles. The van der Waals surface area contributed by atoms with Gasteiger partial charge in [-0.05, 0) is 102 Å². The van der Waals surface area contributed by atoms with Crippen LogP contribution in [0.3, 0.4) is 0 Å². The fourth-order valence-corrected chi connectivity index (χ4v) is 6.01. The van der Waals surface area contributed by atoms with Gasteiger partial charge in [-0.3, -0.25) is 9.59 Å². The molecule has 248 valence electrons. The second-order valence-corrected chi connectivity index (χ2v) is 14.2. The zero-order valence-corrected chi connectivity index (χ0v) is 28.6. The lowest BCUT2D eigenvalue weighted by molar-refractivity contribution is -0.145. The number of nitrogens with zero attached hydrogens (tertiary/aromatic N) is 1. The second-order valence-electron chi connectivity index (χ2n) is 14.2. The van der Waals surface area contributed by atoms with E-state index in [1.54, 1.807) is 49.9 Å². The van der Waals surface area contributed by atoms with E-state index in [2.05, 4.69) is 24.5 Å². The second kappa shape index (κ2) is 16.1. The first-order chi connectivity index (χ1) is 21.1. The van der Waals surface area contributed by atoms with Crippen LogP contribution in [0.4, 0.5) is 4.79 Å². The first-order valence-corrected chi connectivity index (χ1v) is 16.6. The van der Waals surface area contributed by atoms with Gasteiger partial charge >= 0.3 is 6.09 Å². The van der Waals surface area contributed by atoms with Crippen LogP contribution in [-0.4, -0.2) is 51.6 Å². The molecule has 45 heavy (non-hydrogen) atoms. The lowest BCUT2D eigenvalue weighted by Gasteiger charge is -2.40. The number of carbonyl (C=O) groups is 3. The van der Waals surface area contributed by atoms with E-state index in [4.69, 9.17) is 4.74 Å². The number of rotatable bonds is 12. The van der Waals surface area contributed by atoms with Crippen molar-refractivity contribution in [2.24, 2.45) is 5.92 Å². The standard InChI is InChI=1S/C37H55N3O5/c1-24(2)14-17-27(5)40(33(31-22-25(3)15-16-26(31)4)34(42)38-29-12-10-9-11-13-29)35(43)32(39-36(44)45-37(6,7)8)23-28-18-20-30(41)21-19-28/h15-16,18-22,24,27,29,32-33,41H,9-14,17,23H2,1-8H3,(H,38,42)(H,39,44). The summed E-state index contributed by atoms with van der Waals surface area (Å²) in [5.41, 5.74) is 2.71. The molecule has 1 aliphatic carbocycles. The van der Waals surface area contributed by atoms with Gasteiger partial charge in [0.2, 0.25) is 11.8 Å². The van der Waals surface area contributed by atoms with Gasteiger partial charge in [0, 0.05) is 18.5 Å². The molecule has 1 saturated carbocycles. The number of alkyl carbamates (subject to hydrolysis) is 1. The van der Waals surface area contributed by atoms with Gasteiger partial charge in [-0.25, -0.2) is 4.79 Å². The van der Waals surface area contributed by atoms with Crippen molar-refractivity contribution in [2.75, 3.05) is 0 Å². The number of ether oxygens (including phenoxy) is 1. The molecule has 8 nitrogen and oxygen atoms in total.